The number of nitro groups is 1. The highest BCUT2D eigenvalue weighted by Crippen LogP contribution is 2.31. The zero-order valence-corrected chi connectivity index (χ0v) is 11.9. The first-order valence-electron chi connectivity index (χ1n) is 6.49. The summed E-state index contributed by atoms with van der Waals surface area (Å²) in [5, 5.41) is 20.3. The molecule has 0 N–H and O–H groups in total. The van der Waals surface area contributed by atoms with Gasteiger partial charge in [-0.1, -0.05) is 0 Å². The third kappa shape index (κ3) is 3.26. The van der Waals surface area contributed by atoms with E-state index in [2.05, 4.69) is 4.98 Å². The number of anilines is 1. The number of morpholine rings is 1. The van der Waals surface area contributed by atoms with Gasteiger partial charge in [0.25, 0.3) is 0 Å². The van der Waals surface area contributed by atoms with Gasteiger partial charge in [-0.25, -0.2) is 4.98 Å². The minimum Gasteiger partial charge on any atom is -0.382 e. The normalized spacial score (nSPS) is 21.9. The Bertz CT molecular complexity index is 572. The van der Waals surface area contributed by atoms with Gasteiger partial charge in [-0.05, 0) is 13.0 Å². The zero-order valence-electron chi connectivity index (χ0n) is 11.9. The third-order valence-electron chi connectivity index (χ3n) is 3.19. The van der Waals surface area contributed by atoms with Crippen molar-refractivity contribution in [3.8, 4) is 6.07 Å². The molecule has 0 aromatic carbocycles. The van der Waals surface area contributed by atoms with Crippen molar-refractivity contribution in [2.24, 2.45) is 0 Å². The van der Waals surface area contributed by atoms with E-state index in [-0.39, 0.29) is 29.3 Å². The van der Waals surface area contributed by atoms with E-state index in [1.54, 1.807) is 12.0 Å². The molecule has 1 aliphatic heterocycles. The highest BCUT2D eigenvalue weighted by Gasteiger charge is 2.32. The fourth-order valence-corrected chi connectivity index (χ4v) is 2.44. The summed E-state index contributed by atoms with van der Waals surface area (Å²) in [6.45, 7) is 3.19. The molecule has 0 radical (unpaired) electrons. The molecule has 0 amide bonds. The highest BCUT2D eigenvalue weighted by atomic mass is 16.6. The molecule has 112 valence electrons. The number of pyridine rings is 1. The number of nitriles is 1. The van der Waals surface area contributed by atoms with E-state index in [4.69, 9.17) is 14.7 Å². The molecule has 2 unspecified atom stereocenters. The van der Waals surface area contributed by atoms with Crippen LogP contribution in [0, 0.1) is 21.4 Å². The van der Waals surface area contributed by atoms with Crippen molar-refractivity contribution in [2.75, 3.05) is 31.7 Å². The highest BCUT2D eigenvalue weighted by molar-refractivity contribution is 5.65. The monoisotopic (exact) mass is 292 g/mol. The average Bonchev–Trinajstić information content (AvgIpc) is 2.46. The molecule has 2 atom stereocenters. The molecule has 0 spiro atoms. The molecule has 8 heteroatoms. The Morgan fingerprint density at radius 1 is 1.67 bits per heavy atom. The van der Waals surface area contributed by atoms with Gasteiger partial charge in [-0.15, -0.1) is 0 Å². The first-order valence-corrected chi connectivity index (χ1v) is 6.49. The summed E-state index contributed by atoms with van der Waals surface area (Å²) in [6.07, 6.45) is 1.11. The van der Waals surface area contributed by atoms with Crippen LogP contribution < -0.4 is 4.90 Å². The maximum Gasteiger partial charge on any atom is 0.329 e. The van der Waals surface area contributed by atoms with Gasteiger partial charge >= 0.3 is 5.69 Å². The van der Waals surface area contributed by atoms with Crippen molar-refractivity contribution in [1.82, 2.24) is 4.98 Å². The van der Waals surface area contributed by atoms with Crippen LogP contribution in [-0.4, -0.2) is 48.9 Å². The molecule has 2 heterocycles. The number of nitrogens with zero attached hydrogens (tertiary/aromatic N) is 4. The topological polar surface area (TPSA) is 102 Å². The number of rotatable bonds is 4. The molecule has 1 aliphatic rings. The minimum absolute atomic E-state index is 0.00689. The largest absolute Gasteiger partial charge is 0.382 e. The SMILES string of the molecule is COCC1CN(c2nccc(C#N)c2[N+](=O)[O-])CC(C)O1. The Labute approximate surface area is 122 Å². The van der Waals surface area contributed by atoms with Crippen LogP contribution >= 0.6 is 0 Å². The lowest BCUT2D eigenvalue weighted by molar-refractivity contribution is -0.384. The lowest BCUT2D eigenvalue weighted by atomic mass is 10.2. The molecule has 8 nitrogen and oxygen atoms in total. The Hall–Kier alpha value is -2.24. The Kier molecular flexibility index (Phi) is 4.67. The van der Waals surface area contributed by atoms with Crippen molar-refractivity contribution in [3.05, 3.63) is 27.9 Å². The maximum absolute atomic E-state index is 11.3. The number of hydrogen-bond acceptors (Lipinski definition) is 7. The van der Waals surface area contributed by atoms with Gasteiger partial charge in [0.1, 0.15) is 11.6 Å². The molecule has 1 aromatic rings. The van der Waals surface area contributed by atoms with Gasteiger partial charge in [0.05, 0.1) is 23.7 Å². The lowest BCUT2D eigenvalue weighted by Gasteiger charge is -2.36. The average molecular weight is 292 g/mol. The summed E-state index contributed by atoms with van der Waals surface area (Å²) in [4.78, 5) is 16.6. The minimum atomic E-state index is -0.563. The summed E-state index contributed by atoms with van der Waals surface area (Å²) in [5.74, 6) is 0.204. The molecule has 1 fully saturated rings. The zero-order chi connectivity index (χ0) is 15.4. The summed E-state index contributed by atoms with van der Waals surface area (Å²) < 4.78 is 10.8. The molecule has 0 bridgehead atoms. The van der Waals surface area contributed by atoms with Crippen LogP contribution in [0.5, 0.6) is 0 Å². The van der Waals surface area contributed by atoms with Gasteiger partial charge in [-0.3, -0.25) is 10.1 Å². The maximum atomic E-state index is 11.3. The van der Waals surface area contributed by atoms with Crippen molar-refractivity contribution in [2.45, 2.75) is 19.1 Å². The predicted molar refractivity (Wildman–Crippen MR) is 74.0 cm³/mol. The van der Waals surface area contributed by atoms with Crippen LogP contribution in [0.15, 0.2) is 12.3 Å². The standard InChI is InChI=1S/C13H16N4O4/c1-9-6-16(7-11(21-9)8-20-2)13-12(17(18)19)10(5-14)3-4-15-13/h3-4,9,11H,6-8H2,1-2H3. The van der Waals surface area contributed by atoms with Crippen molar-refractivity contribution in [1.29, 1.82) is 5.26 Å². The van der Waals surface area contributed by atoms with Gasteiger partial charge in [-0.2, -0.15) is 5.26 Å². The quantitative estimate of drug-likeness (QED) is 0.605. The van der Waals surface area contributed by atoms with Crippen molar-refractivity contribution >= 4 is 11.5 Å². The summed E-state index contributed by atoms with van der Waals surface area (Å²) in [5.41, 5.74) is -0.252. The third-order valence-corrected chi connectivity index (χ3v) is 3.19. The second kappa shape index (κ2) is 6.47. The van der Waals surface area contributed by atoms with E-state index < -0.39 is 4.92 Å². The summed E-state index contributed by atoms with van der Waals surface area (Å²) in [6, 6.07) is 3.19. The van der Waals surface area contributed by atoms with E-state index in [0.29, 0.717) is 19.7 Å². The van der Waals surface area contributed by atoms with Crippen LogP contribution in [0.3, 0.4) is 0 Å². The van der Waals surface area contributed by atoms with Gasteiger partial charge in [0.2, 0.25) is 5.82 Å². The van der Waals surface area contributed by atoms with Gasteiger partial charge < -0.3 is 14.4 Å². The fourth-order valence-electron chi connectivity index (χ4n) is 2.44. The van der Waals surface area contributed by atoms with Crippen LogP contribution in [0.4, 0.5) is 11.5 Å². The summed E-state index contributed by atoms with van der Waals surface area (Å²) >= 11 is 0. The molecule has 2 rings (SSSR count). The van der Waals surface area contributed by atoms with Gasteiger partial charge in [0.15, 0.2) is 0 Å². The number of ether oxygens (including phenoxy) is 2. The second-order valence-electron chi connectivity index (χ2n) is 4.83. The van der Waals surface area contributed by atoms with E-state index >= 15 is 0 Å². The van der Waals surface area contributed by atoms with Crippen LogP contribution in [0.2, 0.25) is 0 Å². The molecule has 1 aromatic heterocycles. The van der Waals surface area contributed by atoms with E-state index in [0.717, 1.165) is 0 Å². The first-order chi connectivity index (χ1) is 10.1. The Morgan fingerprint density at radius 3 is 3.05 bits per heavy atom. The Balaban J connectivity index is 2.37. The second-order valence-corrected chi connectivity index (χ2v) is 4.83. The molecule has 0 saturated carbocycles. The summed E-state index contributed by atoms with van der Waals surface area (Å²) in [7, 11) is 1.57. The van der Waals surface area contributed by atoms with Crippen LogP contribution in [0.25, 0.3) is 0 Å². The van der Waals surface area contributed by atoms with Crippen LogP contribution in [0.1, 0.15) is 12.5 Å². The molecule has 0 aliphatic carbocycles. The van der Waals surface area contributed by atoms with Crippen LogP contribution in [-0.2, 0) is 9.47 Å². The van der Waals surface area contributed by atoms with Crippen molar-refractivity contribution < 1.29 is 14.4 Å². The van der Waals surface area contributed by atoms with Gasteiger partial charge in [0, 0.05) is 26.4 Å². The van der Waals surface area contributed by atoms with E-state index in [1.165, 1.54) is 12.3 Å². The smallest absolute Gasteiger partial charge is 0.329 e. The number of hydrogen-bond donors (Lipinski definition) is 0. The first kappa shape index (κ1) is 15.2. The lowest BCUT2D eigenvalue weighted by Crippen LogP contribution is -2.48. The molecular formula is C13H16N4O4. The Morgan fingerprint density at radius 2 is 2.43 bits per heavy atom. The van der Waals surface area contributed by atoms with E-state index in [9.17, 15) is 10.1 Å². The van der Waals surface area contributed by atoms with Crippen molar-refractivity contribution in [3.63, 3.8) is 0 Å². The van der Waals surface area contributed by atoms with E-state index in [1.807, 2.05) is 13.0 Å². The fraction of sp³-hybridized carbons (Fsp3) is 0.538. The molecule has 1 saturated heterocycles. The number of aromatic nitrogens is 1. The molecular weight excluding hydrogens is 276 g/mol. The predicted octanol–water partition coefficient (Wildman–Crippen LogP) is 1.10. The molecule has 21 heavy (non-hydrogen) atoms. The number of methoxy groups -OCH3 is 1.